The maximum Gasteiger partial charge on any atom is 0.271 e. The molecular formula is C27H32N4O4. The Morgan fingerprint density at radius 2 is 1.89 bits per heavy atom. The fourth-order valence-electron chi connectivity index (χ4n) is 5.46. The van der Waals surface area contributed by atoms with Gasteiger partial charge in [0.25, 0.3) is 5.91 Å². The number of nitrogens with zero attached hydrogens (tertiary/aromatic N) is 3. The van der Waals surface area contributed by atoms with E-state index in [2.05, 4.69) is 10.3 Å². The van der Waals surface area contributed by atoms with Gasteiger partial charge in [-0.2, -0.15) is 0 Å². The smallest absolute Gasteiger partial charge is 0.271 e. The summed E-state index contributed by atoms with van der Waals surface area (Å²) >= 11 is 0. The molecule has 3 aromatic rings. The summed E-state index contributed by atoms with van der Waals surface area (Å²) in [6, 6.07) is 9.42. The predicted molar refractivity (Wildman–Crippen MR) is 133 cm³/mol. The molecule has 1 fully saturated rings. The minimum atomic E-state index is -1.10. The monoisotopic (exact) mass is 476 g/mol. The number of nitrogens with one attached hydrogen (secondary N) is 1. The molecule has 5 rings (SSSR count). The Balaban J connectivity index is 1.62. The van der Waals surface area contributed by atoms with E-state index < -0.39 is 5.54 Å². The fourth-order valence-corrected chi connectivity index (χ4v) is 5.46. The topological polar surface area (TPSA) is 85.7 Å². The largest absolute Gasteiger partial charge is 0.496 e. The van der Waals surface area contributed by atoms with Crippen LogP contribution in [0.2, 0.25) is 0 Å². The van der Waals surface area contributed by atoms with Gasteiger partial charge >= 0.3 is 0 Å². The highest BCUT2D eigenvalue weighted by Crippen LogP contribution is 2.40. The Labute approximate surface area is 205 Å². The lowest BCUT2D eigenvalue weighted by molar-refractivity contribution is -0.134. The molecule has 2 aromatic heterocycles. The molecule has 8 nitrogen and oxygen atoms in total. The molecule has 1 unspecified atom stereocenters. The van der Waals surface area contributed by atoms with Gasteiger partial charge in [-0.1, -0.05) is 25.3 Å². The minimum absolute atomic E-state index is 0.129. The van der Waals surface area contributed by atoms with Crippen molar-refractivity contribution in [2.45, 2.75) is 63.7 Å². The van der Waals surface area contributed by atoms with Crippen LogP contribution in [-0.2, 0) is 17.9 Å². The summed E-state index contributed by atoms with van der Waals surface area (Å²) in [6.07, 6.45) is 8.82. The highest BCUT2D eigenvalue weighted by molar-refractivity contribution is 6.05. The van der Waals surface area contributed by atoms with E-state index in [1.54, 1.807) is 31.5 Å². The zero-order valence-corrected chi connectivity index (χ0v) is 20.5. The van der Waals surface area contributed by atoms with Gasteiger partial charge in [-0.3, -0.25) is 14.6 Å². The molecule has 35 heavy (non-hydrogen) atoms. The number of rotatable bonds is 6. The van der Waals surface area contributed by atoms with Gasteiger partial charge in [-0.25, -0.2) is 0 Å². The Morgan fingerprint density at radius 3 is 2.57 bits per heavy atom. The van der Waals surface area contributed by atoms with E-state index in [-0.39, 0.29) is 24.4 Å². The molecule has 0 spiro atoms. The first-order valence-corrected chi connectivity index (χ1v) is 12.2. The van der Waals surface area contributed by atoms with Gasteiger partial charge in [0.15, 0.2) is 0 Å². The quantitative estimate of drug-likeness (QED) is 0.583. The number of hydrogen-bond acceptors (Lipinski definition) is 5. The van der Waals surface area contributed by atoms with Crippen LogP contribution in [0.3, 0.4) is 0 Å². The number of aromatic nitrogens is 2. The molecule has 8 heteroatoms. The average Bonchev–Trinajstić information content (AvgIpc) is 3.26. The van der Waals surface area contributed by atoms with Crippen molar-refractivity contribution in [3.05, 3.63) is 54.0 Å². The van der Waals surface area contributed by atoms with Gasteiger partial charge in [-0.15, -0.1) is 0 Å². The molecular weight excluding hydrogens is 444 g/mol. The number of fused-ring (bicyclic) bond motifs is 3. The van der Waals surface area contributed by atoms with Crippen LogP contribution in [0.1, 0.15) is 55.1 Å². The highest BCUT2D eigenvalue weighted by Gasteiger charge is 2.48. The number of hydrogen-bond donors (Lipinski definition) is 1. The normalized spacial score (nSPS) is 20.5. The van der Waals surface area contributed by atoms with Gasteiger partial charge in [0.05, 0.1) is 26.3 Å². The van der Waals surface area contributed by atoms with E-state index in [1.165, 1.54) is 6.42 Å². The molecule has 1 N–H and O–H groups in total. The summed E-state index contributed by atoms with van der Waals surface area (Å²) < 4.78 is 13.1. The summed E-state index contributed by atoms with van der Waals surface area (Å²) in [5.74, 6) is 0.955. The molecule has 184 valence electrons. The molecule has 1 aliphatic carbocycles. The van der Waals surface area contributed by atoms with E-state index in [0.29, 0.717) is 23.7 Å². The van der Waals surface area contributed by atoms with Crippen molar-refractivity contribution < 1.29 is 19.1 Å². The molecule has 1 saturated carbocycles. The van der Waals surface area contributed by atoms with E-state index in [1.807, 2.05) is 41.8 Å². The standard InChI is InChI=1S/C27H32N4O4/c1-27(26(33)29-19-9-5-4-6-10-19)17-30-21(25(32)31(27)16-18-8-7-13-28-15-18)14-20-22(34-2)11-12-23(35-3)24(20)30/h7-8,11-15,19H,4-6,9-10,16-17H2,1-3H3,(H,29,33). The average molecular weight is 477 g/mol. The second-order valence-corrected chi connectivity index (χ2v) is 9.68. The van der Waals surface area contributed by atoms with Crippen molar-refractivity contribution in [2.75, 3.05) is 14.2 Å². The van der Waals surface area contributed by atoms with Crippen molar-refractivity contribution in [3.8, 4) is 11.5 Å². The molecule has 1 aromatic carbocycles. The lowest BCUT2D eigenvalue weighted by atomic mass is 9.91. The third kappa shape index (κ3) is 4.00. The van der Waals surface area contributed by atoms with Crippen LogP contribution in [0.25, 0.3) is 10.9 Å². The van der Waals surface area contributed by atoms with Crippen LogP contribution in [-0.4, -0.2) is 52.1 Å². The molecule has 1 aliphatic heterocycles. The van der Waals surface area contributed by atoms with Gasteiger partial charge < -0.3 is 24.3 Å². The van der Waals surface area contributed by atoms with Crippen LogP contribution in [0, 0.1) is 0 Å². The minimum Gasteiger partial charge on any atom is -0.496 e. The third-order valence-corrected chi connectivity index (χ3v) is 7.44. The van der Waals surface area contributed by atoms with Gasteiger partial charge in [-0.05, 0) is 49.6 Å². The number of benzene rings is 1. The lowest BCUT2D eigenvalue weighted by Gasteiger charge is -2.45. The fraction of sp³-hybridized carbons (Fsp3) is 0.444. The number of carbonyl (C=O) groups excluding carboxylic acids is 2. The van der Waals surface area contributed by atoms with Crippen LogP contribution >= 0.6 is 0 Å². The SMILES string of the molecule is COc1ccc(OC)c2c1cc1n2CC(C)(C(=O)NC2CCCCC2)N(Cc2cccnc2)C1=O. The number of ether oxygens (including phenoxy) is 2. The van der Waals surface area contributed by atoms with Crippen LogP contribution in [0.4, 0.5) is 0 Å². The van der Waals surface area contributed by atoms with E-state index in [9.17, 15) is 9.59 Å². The number of pyridine rings is 1. The van der Waals surface area contributed by atoms with Crippen molar-refractivity contribution >= 4 is 22.7 Å². The summed E-state index contributed by atoms with van der Waals surface area (Å²) in [7, 11) is 3.21. The van der Waals surface area contributed by atoms with E-state index in [4.69, 9.17) is 9.47 Å². The summed E-state index contributed by atoms with van der Waals surface area (Å²) in [6.45, 7) is 2.46. The summed E-state index contributed by atoms with van der Waals surface area (Å²) in [5, 5.41) is 4.06. The lowest BCUT2D eigenvalue weighted by Crippen LogP contribution is -2.64. The molecule has 0 radical (unpaired) electrons. The molecule has 2 amide bonds. The first kappa shape index (κ1) is 23.2. The molecule has 2 aliphatic rings. The van der Waals surface area contributed by atoms with Crippen molar-refractivity contribution in [3.63, 3.8) is 0 Å². The van der Waals surface area contributed by atoms with Crippen molar-refractivity contribution in [1.29, 1.82) is 0 Å². The Morgan fingerprint density at radius 1 is 1.14 bits per heavy atom. The van der Waals surface area contributed by atoms with Crippen LogP contribution < -0.4 is 14.8 Å². The molecule has 3 heterocycles. The van der Waals surface area contributed by atoms with Gasteiger partial charge in [0.1, 0.15) is 22.7 Å². The Bertz CT molecular complexity index is 1250. The van der Waals surface area contributed by atoms with Crippen LogP contribution in [0.15, 0.2) is 42.7 Å². The van der Waals surface area contributed by atoms with Crippen LogP contribution in [0.5, 0.6) is 11.5 Å². The third-order valence-electron chi connectivity index (χ3n) is 7.44. The first-order chi connectivity index (χ1) is 17.0. The summed E-state index contributed by atoms with van der Waals surface area (Å²) in [5.41, 5.74) is 1.04. The maximum atomic E-state index is 14.0. The first-order valence-electron chi connectivity index (χ1n) is 12.2. The Kier molecular flexibility index (Phi) is 6.13. The van der Waals surface area contributed by atoms with E-state index >= 15 is 0 Å². The predicted octanol–water partition coefficient (Wildman–Crippen LogP) is 3.92. The second kappa shape index (κ2) is 9.24. The maximum absolute atomic E-state index is 14.0. The number of amides is 2. The highest BCUT2D eigenvalue weighted by atomic mass is 16.5. The zero-order chi connectivity index (χ0) is 24.6. The van der Waals surface area contributed by atoms with Crippen molar-refractivity contribution in [1.82, 2.24) is 19.8 Å². The summed E-state index contributed by atoms with van der Waals surface area (Å²) in [4.78, 5) is 33.8. The number of carbonyl (C=O) groups is 2. The number of methoxy groups -OCH3 is 2. The van der Waals surface area contributed by atoms with E-state index in [0.717, 1.165) is 42.1 Å². The van der Waals surface area contributed by atoms with Crippen molar-refractivity contribution in [2.24, 2.45) is 0 Å². The molecule has 0 saturated heterocycles. The van der Waals surface area contributed by atoms with Gasteiger partial charge in [0.2, 0.25) is 5.91 Å². The second-order valence-electron chi connectivity index (χ2n) is 9.68. The zero-order valence-electron chi connectivity index (χ0n) is 20.5. The Hall–Kier alpha value is -3.55. The molecule has 1 atom stereocenters. The molecule has 0 bridgehead atoms. The van der Waals surface area contributed by atoms with Gasteiger partial charge in [0, 0.05) is 30.4 Å².